The molecule has 1 aromatic carbocycles. The van der Waals surface area contributed by atoms with Crippen LogP contribution in [0, 0.1) is 0 Å². The topological polar surface area (TPSA) is 59.1 Å². The molecule has 6 heteroatoms. The van der Waals surface area contributed by atoms with Crippen LogP contribution < -0.4 is 10.2 Å². The molecular formula is C20H32N4O2. The van der Waals surface area contributed by atoms with Crippen LogP contribution in [-0.2, 0) is 4.79 Å². The molecule has 6 nitrogen and oxygen atoms in total. The van der Waals surface area contributed by atoms with Crippen molar-refractivity contribution in [1.82, 2.24) is 15.1 Å². The lowest BCUT2D eigenvalue weighted by Crippen LogP contribution is -2.52. The Labute approximate surface area is 156 Å². The zero-order valence-corrected chi connectivity index (χ0v) is 15.9. The normalized spacial score (nSPS) is 25.2. The predicted octanol–water partition coefficient (Wildman–Crippen LogP) is 0.772. The summed E-state index contributed by atoms with van der Waals surface area (Å²) in [6.07, 6.45) is 2.31. The summed E-state index contributed by atoms with van der Waals surface area (Å²) < 4.78 is 0. The van der Waals surface area contributed by atoms with Crippen molar-refractivity contribution < 1.29 is 9.90 Å². The number of carbonyl (C=O) groups excluding carboxylic acids is 1. The Balaban J connectivity index is 1.49. The summed E-state index contributed by atoms with van der Waals surface area (Å²) in [5.41, 5.74) is 0.600. The number of aliphatic hydroxyl groups is 1. The highest BCUT2D eigenvalue weighted by molar-refractivity contribution is 5.78. The zero-order valence-electron chi connectivity index (χ0n) is 15.9. The van der Waals surface area contributed by atoms with E-state index >= 15 is 0 Å². The Bertz CT molecular complexity index is 574. The van der Waals surface area contributed by atoms with Crippen molar-refractivity contribution in [2.45, 2.75) is 24.9 Å². The molecule has 0 unspecified atom stereocenters. The molecule has 0 spiro atoms. The molecule has 0 bridgehead atoms. The van der Waals surface area contributed by atoms with Crippen molar-refractivity contribution in [3.05, 3.63) is 30.3 Å². The van der Waals surface area contributed by atoms with Gasteiger partial charge < -0.3 is 20.2 Å². The minimum Gasteiger partial charge on any atom is -0.388 e. The van der Waals surface area contributed by atoms with Gasteiger partial charge in [0.15, 0.2) is 0 Å². The Kier molecular flexibility index (Phi) is 6.51. The van der Waals surface area contributed by atoms with Gasteiger partial charge in [0, 0.05) is 51.5 Å². The lowest BCUT2D eigenvalue weighted by molar-refractivity contribution is -0.130. The first kappa shape index (κ1) is 19.1. The second-order valence-corrected chi connectivity index (χ2v) is 7.59. The fourth-order valence-corrected chi connectivity index (χ4v) is 4.07. The molecule has 2 aliphatic heterocycles. The Morgan fingerprint density at radius 3 is 2.50 bits per heavy atom. The van der Waals surface area contributed by atoms with Crippen molar-refractivity contribution in [2.24, 2.45) is 0 Å². The fourth-order valence-electron chi connectivity index (χ4n) is 4.07. The third kappa shape index (κ3) is 4.96. The van der Waals surface area contributed by atoms with Gasteiger partial charge in [-0.1, -0.05) is 18.2 Å². The molecule has 3 rings (SSSR count). The van der Waals surface area contributed by atoms with Gasteiger partial charge >= 0.3 is 0 Å². The van der Waals surface area contributed by atoms with Crippen LogP contribution in [-0.4, -0.2) is 85.8 Å². The van der Waals surface area contributed by atoms with Crippen LogP contribution in [0.5, 0.6) is 0 Å². The monoisotopic (exact) mass is 360 g/mol. The average molecular weight is 361 g/mol. The van der Waals surface area contributed by atoms with Gasteiger partial charge in [-0.2, -0.15) is 0 Å². The van der Waals surface area contributed by atoms with Crippen LogP contribution in [0.1, 0.15) is 19.3 Å². The van der Waals surface area contributed by atoms with E-state index in [0.29, 0.717) is 26.1 Å². The average Bonchev–Trinajstić information content (AvgIpc) is 2.85. The van der Waals surface area contributed by atoms with Crippen LogP contribution in [0.3, 0.4) is 0 Å². The first-order valence-corrected chi connectivity index (χ1v) is 9.77. The number of hydrogen-bond acceptors (Lipinski definition) is 5. The Hall–Kier alpha value is -1.63. The minimum atomic E-state index is -0.677. The standard InChI is InChI=1S/C20H32N4O2/c1-21-16-19(25)24-10-5-8-20(26,9-11-24)17-22-12-14-23(15-13-22)18-6-3-2-4-7-18/h2-4,6-7,21,26H,5,8-17H2,1H3/t20-/m0/s1. The van der Waals surface area contributed by atoms with Gasteiger partial charge in [0.1, 0.15) is 0 Å². The number of para-hydroxylation sites is 1. The summed E-state index contributed by atoms with van der Waals surface area (Å²) in [5.74, 6) is 0.133. The molecule has 0 saturated carbocycles. The highest BCUT2D eigenvalue weighted by Gasteiger charge is 2.34. The van der Waals surface area contributed by atoms with Crippen LogP contribution in [0.4, 0.5) is 5.69 Å². The maximum Gasteiger partial charge on any atom is 0.236 e. The van der Waals surface area contributed by atoms with E-state index in [2.05, 4.69) is 39.4 Å². The van der Waals surface area contributed by atoms with Crippen molar-refractivity contribution in [3.8, 4) is 0 Å². The molecule has 2 fully saturated rings. The van der Waals surface area contributed by atoms with E-state index in [1.54, 1.807) is 7.05 Å². The number of amides is 1. The fraction of sp³-hybridized carbons (Fsp3) is 0.650. The van der Waals surface area contributed by atoms with Crippen LogP contribution in [0.2, 0.25) is 0 Å². The van der Waals surface area contributed by atoms with E-state index in [1.807, 2.05) is 11.0 Å². The second-order valence-electron chi connectivity index (χ2n) is 7.59. The van der Waals surface area contributed by atoms with Crippen molar-refractivity contribution >= 4 is 11.6 Å². The number of benzene rings is 1. The molecule has 1 amide bonds. The second kappa shape index (κ2) is 8.84. The van der Waals surface area contributed by atoms with Crippen molar-refractivity contribution in [2.75, 3.05) is 64.3 Å². The lowest BCUT2D eigenvalue weighted by Gasteiger charge is -2.40. The van der Waals surface area contributed by atoms with E-state index in [4.69, 9.17) is 0 Å². The van der Waals surface area contributed by atoms with Crippen molar-refractivity contribution in [1.29, 1.82) is 0 Å². The summed E-state index contributed by atoms with van der Waals surface area (Å²) in [6.45, 7) is 6.42. The van der Waals surface area contributed by atoms with Gasteiger partial charge in [-0.05, 0) is 38.4 Å². The number of rotatable bonds is 5. The van der Waals surface area contributed by atoms with Gasteiger partial charge in [0.2, 0.25) is 5.91 Å². The highest BCUT2D eigenvalue weighted by atomic mass is 16.3. The third-order valence-corrected chi connectivity index (χ3v) is 5.61. The first-order chi connectivity index (χ1) is 12.6. The molecule has 2 saturated heterocycles. The molecule has 26 heavy (non-hydrogen) atoms. The summed E-state index contributed by atoms with van der Waals surface area (Å²) in [5, 5.41) is 14.0. The highest BCUT2D eigenvalue weighted by Crippen LogP contribution is 2.25. The summed E-state index contributed by atoms with van der Waals surface area (Å²) in [6, 6.07) is 10.5. The molecule has 0 aliphatic carbocycles. The molecule has 144 valence electrons. The molecule has 1 atom stereocenters. The van der Waals surface area contributed by atoms with Crippen molar-refractivity contribution in [3.63, 3.8) is 0 Å². The number of carbonyl (C=O) groups is 1. The van der Waals surface area contributed by atoms with Gasteiger partial charge in [0.05, 0.1) is 12.1 Å². The molecule has 2 N–H and O–H groups in total. The number of hydrogen-bond donors (Lipinski definition) is 2. The van der Waals surface area contributed by atoms with Gasteiger partial charge in [-0.3, -0.25) is 9.69 Å². The van der Waals surface area contributed by atoms with Gasteiger partial charge in [-0.15, -0.1) is 0 Å². The third-order valence-electron chi connectivity index (χ3n) is 5.61. The molecule has 2 heterocycles. The minimum absolute atomic E-state index is 0.133. The molecule has 1 aromatic rings. The quantitative estimate of drug-likeness (QED) is 0.812. The summed E-state index contributed by atoms with van der Waals surface area (Å²) in [4.78, 5) is 18.8. The summed E-state index contributed by atoms with van der Waals surface area (Å²) >= 11 is 0. The Morgan fingerprint density at radius 2 is 1.81 bits per heavy atom. The maximum absolute atomic E-state index is 12.1. The number of likely N-dealkylation sites (tertiary alicyclic amines) is 1. The van der Waals surface area contributed by atoms with Crippen LogP contribution in [0.15, 0.2) is 30.3 Å². The molecule has 2 aliphatic rings. The first-order valence-electron chi connectivity index (χ1n) is 9.77. The number of likely N-dealkylation sites (N-methyl/N-ethyl adjacent to an activating group) is 1. The van der Waals surface area contributed by atoms with Crippen LogP contribution in [0.25, 0.3) is 0 Å². The number of anilines is 1. The van der Waals surface area contributed by atoms with E-state index in [0.717, 1.165) is 45.6 Å². The van der Waals surface area contributed by atoms with E-state index in [-0.39, 0.29) is 5.91 Å². The number of piperazine rings is 1. The van der Waals surface area contributed by atoms with Crippen LogP contribution >= 0.6 is 0 Å². The van der Waals surface area contributed by atoms with Gasteiger partial charge in [0.25, 0.3) is 0 Å². The van der Waals surface area contributed by atoms with E-state index in [1.165, 1.54) is 5.69 Å². The van der Waals surface area contributed by atoms with E-state index < -0.39 is 5.60 Å². The van der Waals surface area contributed by atoms with E-state index in [9.17, 15) is 9.90 Å². The summed E-state index contributed by atoms with van der Waals surface area (Å²) in [7, 11) is 1.79. The predicted molar refractivity (Wildman–Crippen MR) is 104 cm³/mol. The maximum atomic E-state index is 12.1. The number of nitrogens with zero attached hydrogens (tertiary/aromatic N) is 3. The Morgan fingerprint density at radius 1 is 1.08 bits per heavy atom. The molecule has 0 radical (unpaired) electrons. The zero-order chi connectivity index (χ0) is 18.4. The molecule has 0 aromatic heterocycles. The smallest absolute Gasteiger partial charge is 0.236 e. The largest absolute Gasteiger partial charge is 0.388 e. The lowest BCUT2D eigenvalue weighted by atomic mass is 9.94. The number of nitrogens with one attached hydrogen (secondary N) is 1. The number of β-amino-alcohol motifs (C(OH)–C–C–N with tert-alkyl or cyclic N) is 1. The molecular weight excluding hydrogens is 328 g/mol. The van der Waals surface area contributed by atoms with Gasteiger partial charge in [-0.25, -0.2) is 0 Å². The SMILES string of the molecule is CNCC(=O)N1CCC[C@@](O)(CN2CCN(c3ccccc3)CC2)CC1.